The summed E-state index contributed by atoms with van der Waals surface area (Å²) < 4.78 is 0. The van der Waals surface area contributed by atoms with Gasteiger partial charge in [0.05, 0.1) is 40.7 Å². The van der Waals surface area contributed by atoms with E-state index in [1.54, 1.807) is 0 Å². The number of ketones is 2. The van der Waals surface area contributed by atoms with Crippen molar-refractivity contribution in [1.82, 2.24) is 4.90 Å². The fraction of sp³-hybridized carbons (Fsp3) is 0.409. The van der Waals surface area contributed by atoms with E-state index in [1.165, 1.54) is 44.1 Å². The van der Waals surface area contributed by atoms with E-state index in [0.29, 0.717) is 0 Å². The lowest BCUT2D eigenvalue weighted by atomic mass is 9.54. The lowest BCUT2D eigenvalue weighted by Gasteiger charge is -2.55. The van der Waals surface area contributed by atoms with E-state index in [4.69, 9.17) is 5.73 Å². The Bertz CT molecular complexity index is 1190. The summed E-state index contributed by atoms with van der Waals surface area (Å²) in [6, 6.07) is 2.54. The van der Waals surface area contributed by atoms with Gasteiger partial charge in [0.15, 0.2) is 11.4 Å². The smallest absolute Gasteiger partial charge is 0.255 e. The van der Waals surface area contributed by atoms with E-state index in [2.05, 4.69) is 0 Å². The van der Waals surface area contributed by atoms with E-state index >= 15 is 0 Å². The number of Topliss-reactive ketones (excluding diaryl/α,β-unsaturated/α-hetero) is 2. The van der Waals surface area contributed by atoms with E-state index in [-0.39, 0.29) is 34.5 Å². The summed E-state index contributed by atoms with van der Waals surface area (Å²) in [5.41, 5.74) is -1.88. The van der Waals surface area contributed by atoms with Crippen LogP contribution in [-0.4, -0.2) is 95.8 Å². The van der Waals surface area contributed by atoms with Gasteiger partial charge in [-0.2, -0.15) is 0 Å². The van der Waals surface area contributed by atoms with Gasteiger partial charge in [-0.1, -0.05) is 12.1 Å². The Morgan fingerprint density at radius 3 is 2.14 bits per heavy atom. The molecule has 0 heterocycles. The monoisotopic (exact) mass is 532 g/mol. The summed E-state index contributed by atoms with van der Waals surface area (Å²) in [5.74, 6) is -9.66. The number of benzene rings is 1. The highest BCUT2D eigenvalue weighted by atomic mass is 35.5. The summed E-state index contributed by atoms with van der Waals surface area (Å²) in [6.45, 7) is 1.25. The van der Waals surface area contributed by atoms with Gasteiger partial charge in [0.2, 0.25) is 5.78 Å². The molecular weight excluding hydrogens is 504 g/mol. The van der Waals surface area contributed by atoms with Gasteiger partial charge in [0, 0.05) is 0 Å². The number of fused-ring (bicyclic) bond motifs is 3. The van der Waals surface area contributed by atoms with Crippen LogP contribution in [0.1, 0.15) is 22.8 Å². The molecule has 3 aliphatic carbocycles. The Morgan fingerprint density at radius 1 is 1.08 bits per heavy atom. The molecule has 1 aromatic carbocycles. The van der Waals surface area contributed by atoms with Gasteiger partial charge in [0.1, 0.15) is 22.8 Å². The van der Waals surface area contributed by atoms with Crippen molar-refractivity contribution in [3.63, 3.8) is 0 Å². The predicted octanol–water partition coefficient (Wildman–Crippen LogP) is -2.47. The Hall–Kier alpha value is -3.04. The minimum atomic E-state index is -3.02. The number of phenols is 1. The number of nitrogens with zero attached hydrogens (tertiary/aromatic N) is 1. The van der Waals surface area contributed by atoms with Gasteiger partial charge in [-0.25, -0.2) is 0 Å². The van der Waals surface area contributed by atoms with Crippen LogP contribution in [0.5, 0.6) is 5.75 Å². The quantitative estimate of drug-likeness (QED) is 0.197. The maximum absolute atomic E-state index is 13.3. The first-order valence-electron chi connectivity index (χ1n) is 10.1. The predicted molar refractivity (Wildman–Crippen MR) is 125 cm³/mol. The zero-order valence-corrected chi connectivity index (χ0v) is 20.2. The summed E-state index contributed by atoms with van der Waals surface area (Å²) >= 11 is 0. The Kier molecular flexibility index (Phi) is 8.13. The maximum Gasteiger partial charge on any atom is 0.255 e. The molecule has 200 valence electrons. The van der Waals surface area contributed by atoms with Crippen LogP contribution >= 0.6 is 12.4 Å². The van der Waals surface area contributed by atoms with Crippen molar-refractivity contribution in [1.29, 1.82) is 0 Å². The van der Waals surface area contributed by atoms with Crippen LogP contribution in [0, 0.1) is 11.8 Å². The number of phenolic OH excluding ortho intramolecular Hbond substituents is 1. The van der Waals surface area contributed by atoms with Crippen molar-refractivity contribution < 1.29 is 56.0 Å². The molecule has 36 heavy (non-hydrogen) atoms. The fourth-order valence-electron chi connectivity index (χ4n) is 5.60. The van der Waals surface area contributed by atoms with Crippen molar-refractivity contribution in [2.45, 2.75) is 30.3 Å². The molecule has 0 radical (unpaired) electrons. The topological polar surface area (TPSA) is 265 Å². The third kappa shape index (κ3) is 3.51. The van der Waals surface area contributed by atoms with Crippen molar-refractivity contribution in [2.75, 3.05) is 14.1 Å². The van der Waals surface area contributed by atoms with Crippen molar-refractivity contribution in [3.05, 3.63) is 52.0 Å². The van der Waals surface area contributed by atoms with Crippen molar-refractivity contribution in [2.24, 2.45) is 17.6 Å². The molecule has 0 spiro atoms. The van der Waals surface area contributed by atoms with Crippen LogP contribution in [0.4, 0.5) is 0 Å². The molecule has 0 saturated heterocycles. The highest BCUT2D eigenvalue weighted by molar-refractivity contribution is 6.25. The van der Waals surface area contributed by atoms with Gasteiger partial charge < -0.3 is 47.3 Å². The maximum atomic E-state index is 13.3. The first kappa shape index (κ1) is 31.0. The molecule has 1 aromatic rings. The SMILES string of the molecule is CN(C)[C@@H]1C(O)=C(C(N)=O)C(=O)[C@@]2(O)C(O)=C3C(=O)c4c(O)cccc4[C@@](C)(O)[C@H]3[C@H](O)[C@@H]12.Cl.O.O. The molecule has 6 atom stereocenters. The number of hydrogen-bond acceptors (Lipinski definition) is 10. The Morgan fingerprint density at radius 2 is 1.64 bits per heavy atom. The largest absolute Gasteiger partial charge is 0.510 e. The third-order valence-corrected chi connectivity index (χ3v) is 7.04. The van der Waals surface area contributed by atoms with Crippen LogP contribution in [0.15, 0.2) is 40.9 Å². The van der Waals surface area contributed by atoms with Crippen LogP contribution < -0.4 is 5.73 Å². The number of carbonyl (C=O) groups is 3. The zero-order valence-electron chi connectivity index (χ0n) is 19.4. The molecule has 12 N–H and O–H groups in total. The molecule has 13 nitrogen and oxygen atoms in total. The Labute approximate surface area is 210 Å². The number of aliphatic hydroxyl groups excluding tert-OH is 3. The number of rotatable bonds is 2. The molecule has 0 bridgehead atoms. The van der Waals surface area contributed by atoms with Gasteiger partial charge in [-0.05, 0) is 32.6 Å². The number of nitrogens with two attached hydrogens (primary N) is 1. The summed E-state index contributed by atoms with van der Waals surface area (Å²) in [4.78, 5) is 39.8. The van der Waals surface area contributed by atoms with E-state index in [0.717, 1.165) is 0 Å². The van der Waals surface area contributed by atoms with Crippen LogP contribution in [-0.2, 0) is 15.2 Å². The average Bonchev–Trinajstić information content (AvgIpc) is 2.70. The fourth-order valence-corrected chi connectivity index (χ4v) is 5.60. The first-order chi connectivity index (χ1) is 15.2. The summed E-state index contributed by atoms with van der Waals surface area (Å²) in [6.07, 6.45) is -1.87. The minimum absolute atomic E-state index is 0. The normalized spacial score (nSPS) is 33.0. The number of carbonyl (C=O) groups excluding carboxylic acids is 3. The summed E-state index contributed by atoms with van der Waals surface area (Å²) in [7, 11) is 2.85. The van der Waals surface area contributed by atoms with Gasteiger partial charge in [-0.15, -0.1) is 12.4 Å². The second kappa shape index (κ2) is 9.44. The lowest BCUT2D eigenvalue weighted by molar-refractivity contribution is -0.173. The van der Waals surface area contributed by atoms with Crippen molar-refractivity contribution >= 4 is 29.9 Å². The lowest BCUT2D eigenvalue weighted by Crippen LogP contribution is -2.70. The average molecular weight is 533 g/mol. The molecule has 1 amide bonds. The molecule has 0 aliphatic heterocycles. The van der Waals surface area contributed by atoms with Crippen molar-refractivity contribution in [3.8, 4) is 5.75 Å². The van der Waals surface area contributed by atoms with Crippen LogP contribution in [0.25, 0.3) is 0 Å². The molecule has 0 unspecified atom stereocenters. The number of aromatic hydroxyl groups is 1. The highest BCUT2D eigenvalue weighted by Gasteiger charge is 2.69. The van der Waals surface area contributed by atoms with E-state index in [1.807, 2.05) is 0 Å². The van der Waals surface area contributed by atoms with E-state index < -0.39 is 81.1 Å². The zero-order chi connectivity index (χ0) is 24.8. The van der Waals surface area contributed by atoms with Gasteiger partial charge >= 0.3 is 0 Å². The second-order valence-electron chi connectivity index (χ2n) is 9.06. The highest BCUT2D eigenvalue weighted by Crippen LogP contribution is 2.56. The number of amides is 1. The number of likely N-dealkylation sites (N-methyl/N-ethyl adjacent to an activating group) is 1. The first-order valence-corrected chi connectivity index (χ1v) is 10.1. The molecule has 0 saturated carbocycles. The van der Waals surface area contributed by atoms with E-state index in [9.17, 15) is 45.0 Å². The van der Waals surface area contributed by atoms with Gasteiger partial charge in [-0.3, -0.25) is 19.3 Å². The third-order valence-electron chi connectivity index (χ3n) is 7.04. The van der Waals surface area contributed by atoms with Gasteiger partial charge in [0.25, 0.3) is 5.91 Å². The summed E-state index contributed by atoms with van der Waals surface area (Å²) in [5, 5.41) is 66.5. The molecule has 0 aromatic heterocycles. The molecule has 14 heteroatoms. The standard InChI is InChI=1S/C22H24N2O9.ClH.2H2O/c1-21(32)7-5-4-6-8(25)9(7)15(26)10-12(21)17(28)13-14(24(2)3)16(27)11(20(23)31)19(30)22(13,33)18(10)29;;;/h4-6,12-14,17,25,27-29,32-33H,1-3H3,(H2,23,31);1H;2*1H2/t12-,13-,14+,17+,21-,22+;;;/m1.../s1. The molecule has 0 fully saturated rings. The Balaban J connectivity index is 0.00000216. The van der Waals surface area contributed by atoms with Crippen LogP contribution in [0.2, 0.25) is 0 Å². The molecule has 3 aliphatic rings. The number of halogens is 1. The second-order valence-corrected chi connectivity index (χ2v) is 9.06. The number of primary amides is 1. The van der Waals surface area contributed by atoms with Crippen LogP contribution in [0.3, 0.4) is 0 Å². The molecular formula is C22H29ClN2O11. The number of hydrogen-bond donors (Lipinski definition) is 7. The molecule has 4 rings (SSSR count). The number of aliphatic hydroxyl groups is 5. The minimum Gasteiger partial charge on any atom is -0.510 e.